The molecule has 0 bridgehead atoms. The van der Waals surface area contributed by atoms with Gasteiger partial charge in [-0.15, -0.1) is 0 Å². The van der Waals surface area contributed by atoms with Gasteiger partial charge in [0.25, 0.3) is 0 Å². The molecule has 1 aliphatic heterocycles. The number of ether oxygens (including phenoxy) is 3. The minimum atomic E-state index is 0.568. The third-order valence-corrected chi connectivity index (χ3v) is 5.94. The number of hydrogen-bond acceptors (Lipinski definition) is 5. The zero-order valence-corrected chi connectivity index (χ0v) is 18.5. The number of anilines is 1. The van der Waals surface area contributed by atoms with Crippen LogP contribution in [0.3, 0.4) is 0 Å². The van der Waals surface area contributed by atoms with E-state index < -0.39 is 0 Å². The smallest absolute Gasteiger partial charge is 0.203 e. The van der Waals surface area contributed by atoms with Crippen molar-refractivity contribution in [3.05, 3.63) is 46.5 Å². The van der Waals surface area contributed by atoms with Gasteiger partial charge in [0.05, 0.1) is 32.7 Å². The second-order valence-electron chi connectivity index (χ2n) is 7.27. The Morgan fingerprint density at radius 2 is 1.77 bits per heavy atom. The number of hydrogen-bond donors (Lipinski definition) is 1. The van der Waals surface area contributed by atoms with E-state index >= 15 is 0 Å². The Kier molecular flexibility index (Phi) is 5.77. The van der Waals surface area contributed by atoms with Crippen LogP contribution in [-0.4, -0.2) is 37.7 Å². The van der Waals surface area contributed by atoms with Gasteiger partial charge in [0, 0.05) is 22.7 Å². The van der Waals surface area contributed by atoms with Crippen molar-refractivity contribution in [1.82, 2.24) is 9.78 Å². The minimum absolute atomic E-state index is 0.568. The summed E-state index contributed by atoms with van der Waals surface area (Å²) in [5.74, 6) is 2.80. The molecule has 6 nitrogen and oxygen atoms in total. The van der Waals surface area contributed by atoms with E-state index in [1.54, 1.807) is 21.3 Å². The predicted octanol–water partition coefficient (Wildman–Crippen LogP) is 5.28. The van der Waals surface area contributed by atoms with Gasteiger partial charge in [-0.1, -0.05) is 17.7 Å². The summed E-state index contributed by atoms with van der Waals surface area (Å²) in [6.45, 7) is 2.93. The van der Waals surface area contributed by atoms with Crippen molar-refractivity contribution in [3.8, 4) is 34.2 Å². The highest BCUT2D eigenvalue weighted by atomic mass is 35.5. The average molecular weight is 428 g/mol. The van der Waals surface area contributed by atoms with E-state index in [9.17, 15) is 0 Å². The van der Waals surface area contributed by atoms with Crippen molar-refractivity contribution in [3.63, 3.8) is 0 Å². The summed E-state index contributed by atoms with van der Waals surface area (Å²) in [6.07, 6.45) is 3.14. The molecular formula is C23H26ClN3O3. The number of rotatable bonds is 5. The largest absolute Gasteiger partial charge is 0.493 e. The van der Waals surface area contributed by atoms with Gasteiger partial charge >= 0.3 is 0 Å². The number of benzene rings is 2. The standard InChI is InChI=1S/C23H26ClN3O3/c1-14-17(24)9-7-10-18(14)27-23-16(8-5-6-11-25-23)21(26-27)15-12-19(28-2)22(30-4)20(13-15)29-3/h7,9-10,12-13,25H,5-6,8,11H2,1-4H3. The molecule has 0 amide bonds. The van der Waals surface area contributed by atoms with Crippen LogP contribution in [0.2, 0.25) is 5.02 Å². The number of aromatic nitrogens is 2. The predicted molar refractivity (Wildman–Crippen MR) is 120 cm³/mol. The van der Waals surface area contributed by atoms with Crippen molar-refractivity contribution >= 4 is 17.4 Å². The maximum Gasteiger partial charge on any atom is 0.203 e. The summed E-state index contributed by atoms with van der Waals surface area (Å²) in [5, 5.41) is 9.33. The van der Waals surface area contributed by atoms with E-state index in [0.29, 0.717) is 17.2 Å². The molecule has 0 spiro atoms. The lowest BCUT2D eigenvalue weighted by atomic mass is 10.0. The van der Waals surface area contributed by atoms with Gasteiger partial charge in [0.15, 0.2) is 11.5 Å². The first-order chi connectivity index (χ1) is 14.6. The van der Waals surface area contributed by atoms with E-state index in [-0.39, 0.29) is 0 Å². The topological polar surface area (TPSA) is 57.5 Å². The molecule has 0 atom stereocenters. The molecule has 1 aromatic heterocycles. The van der Waals surface area contributed by atoms with Crippen LogP contribution in [0.5, 0.6) is 17.2 Å². The Morgan fingerprint density at radius 3 is 2.43 bits per heavy atom. The van der Waals surface area contributed by atoms with Gasteiger partial charge in [-0.3, -0.25) is 0 Å². The van der Waals surface area contributed by atoms with Gasteiger partial charge in [0.2, 0.25) is 5.75 Å². The van der Waals surface area contributed by atoms with Gasteiger partial charge in [-0.2, -0.15) is 5.10 Å². The zero-order valence-electron chi connectivity index (χ0n) is 17.7. The normalized spacial score (nSPS) is 13.2. The molecule has 3 aromatic rings. The second-order valence-corrected chi connectivity index (χ2v) is 7.68. The molecule has 4 rings (SSSR count). The van der Waals surface area contributed by atoms with Crippen LogP contribution in [0, 0.1) is 6.92 Å². The van der Waals surface area contributed by atoms with Gasteiger partial charge in [0.1, 0.15) is 5.82 Å². The molecule has 158 valence electrons. The maximum absolute atomic E-state index is 6.41. The summed E-state index contributed by atoms with van der Waals surface area (Å²) in [5.41, 5.74) is 4.96. The highest BCUT2D eigenvalue weighted by molar-refractivity contribution is 6.31. The first-order valence-corrected chi connectivity index (χ1v) is 10.4. The fourth-order valence-electron chi connectivity index (χ4n) is 3.95. The zero-order chi connectivity index (χ0) is 21.3. The highest BCUT2D eigenvalue weighted by Crippen LogP contribution is 2.43. The molecule has 0 aliphatic carbocycles. The summed E-state index contributed by atoms with van der Waals surface area (Å²) in [6, 6.07) is 9.79. The average Bonchev–Trinajstić information content (AvgIpc) is 2.94. The molecule has 0 fully saturated rings. The van der Waals surface area contributed by atoms with Crippen LogP contribution in [0.15, 0.2) is 30.3 Å². The fourth-order valence-corrected chi connectivity index (χ4v) is 4.12. The number of nitrogens with one attached hydrogen (secondary N) is 1. The number of halogens is 1. The first kappa shape index (κ1) is 20.4. The van der Waals surface area contributed by atoms with Crippen molar-refractivity contribution in [2.24, 2.45) is 0 Å². The SMILES string of the molecule is COc1cc(-c2nn(-c3cccc(Cl)c3C)c3c2CCCCN3)cc(OC)c1OC. The summed E-state index contributed by atoms with van der Waals surface area (Å²) in [4.78, 5) is 0. The molecule has 2 aromatic carbocycles. The molecule has 0 radical (unpaired) electrons. The lowest BCUT2D eigenvalue weighted by Gasteiger charge is -2.14. The second kappa shape index (κ2) is 8.48. The van der Waals surface area contributed by atoms with Crippen molar-refractivity contribution in [2.75, 3.05) is 33.2 Å². The molecule has 7 heteroatoms. The number of fused-ring (bicyclic) bond motifs is 1. The molecule has 0 saturated carbocycles. The molecule has 0 unspecified atom stereocenters. The molecule has 30 heavy (non-hydrogen) atoms. The molecule has 1 aliphatic rings. The molecule has 0 saturated heterocycles. The van der Waals surface area contributed by atoms with E-state index in [1.807, 2.05) is 41.9 Å². The van der Waals surface area contributed by atoms with Crippen LogP contribution in [-0.2, 0) is 6.42 Å². The number of nitrogens with zero attached hydrogens (tertiary/aromatic N) is 2. The third-order valence-electron chi connectivity index (χ3n) is 5.53. The maximum atomic E-state index is 6.41. The quantitative estimate of drug-likeness (QED) is 0.600. The van der Waals surface area contributed by atoms with Crippen LogP contribution < -0.4 is 19.5 Å². The molecular weight excluding hydrogens is 402 g/mol. The Bertz CT molecular complexity index is 1050. The molecule has 1 N–H and O–H groups in total. The summed E-state index contributed by atoms with van der Waals surface area (Å²) >= 11 is 6.41. The van der Waals surface area contributed by atoms with Crippen LogP contribution in [0.25, 0.3) is 16.9 Å². The van der Waals surface area contributed by atoms with E-state index in [0.717, 1.165) is 59.2 Å². The Labute approximate surface area is 181 Å². The molecule has 2 heterocycles. The minimum Gasteiger partial charge on any atom is -0.493 e. The number of methoxy groups -OCH3 is 3. The lowest BCUT2D eigenvalue weighted by molar-refractivity contribution is 0.324. The van der Waals surface area contributed by atoms with Gasteiger partial charge in [-0.05, 0) is 56.0 Å². The van der Waals surface area contributed by atoms with Crippen molar-refractivity contribution in [1.29, 1.82) is 0 Å². The fraction of sp³-hybridized carbons (Fsp3) is 0.348. The summed E-state index contributed by atoms with van der Waals surface area (Å²) in [7, 11) is 4.85. The van der Waals surface area contributed by atoms with E-state index in [4.69, 9.17) is 30.9 Å². The lowest BCUT2D eigenvalue weighted by Crippen LogP contribution is -2.08. The van der Waals surface area contributed by atoms with Crippen LogP contribution in [0.4, 0.5) is 5.82 Å². The van der Waals surface area contributed by atoms with Crippen molar-refractivity contribution in [2.45, 2.75) is 26.2 Å². The highest BCUT2D eigenvalue weighted by Gasteiger charge is 2.24. The monoisotopic (exact) mass is 427 g/mol. The van der Waals surface area contributed by atoms with E-state index in [1.165, 1.54) is 5.56 Å². The van der Waals surface area contributed by atoms with Crippen LogP contribution >= 0.6 is 11.6 Å². The Morgan fingerprint density at radius 1 is 1.03 bits per heavy atom. The third kappa shape index (κ3) is 3.45. The van der Waals surface area contributed by atoms with Gasteiger partial charge < -0.3 is 19.5 Å². The van der Waals surface area contributed by atoms with Gasteiger partial charge in [-0.25, -0.2) is 4.68 Å². The van der Waals surface area contributed by atoms with Crippen molar-refractivity contribution < 1.29 is 14.2 Å². The van der Waals surface area contributed by atoms with E-state index in [2.05, 4.69) is 5.32 Å². The first-order valence-electron chi connectivity index (χ1n) is 10.0. The summed E-state index contributed by atoms with van der Waals surface area (Å²) < 4.78 is 18.6. The Hall–Kier alpha value is -2.86. The van der Waals surface area contributed by atoms with Crippen LogP contribution in [0.1, 0.15) is 24.0 Å². The Balaban J connectivity index is 1.96.